The molecule has 0 aliphatic carbocycles. The monoisotopic (exact) mass is 862 g/mol. The van der Waals surface area contributed by atoms with Crippen LogP contribution in [0.15, 0.2) is 36.4 Å². The number of hydrogen-bond donors (Lipinski definition) is 1. The van der Waals surface area contributed by atoms with Gasteiger partial charge in [0.2, 0.25) is 0 Å². The van der Waals surface area contributed by atoms with Gasteiger partial charge in [0, 0.05) is 18.8 Å². The number of carbonyl (C=O) groups excluding carboxylic acids is 1. The molecule has 0 fully saturated rings. The minimum absolute atomic E-state index is 0. The first-order chi connectivity index (χ1) is 16.9. The summed E-state index contributed by atoms with van der Waals surface area (Å²) >= 11 is 4.36. The summed E-state index contributed by atoms with van der Waals surface area (Å²) in [7, 11) is 0. The van der Waals surface area contributed by atoms with E-state index in [1.165, 1.54) is 0 Å². The van der Waals surface area contributed by atoms with Crippen LogP contribution < -0.4 is 26.5 Å². The number of ketones is 1. The van der Waals surface area contributed by atoms with Crippen molar-refractivity contribution in [3.8, 4) is 11.5 Å². The maximum Gasteiger partial charge on any atom is 2.00 e. The van der Waals surface area contributed by atoms with Gasteiger partial charge in [0.15, 0.2) is 18.4 Å². The second-order valence-corrected chi connectivity index (χ2v) is 10.1. The Balaban J connectivity index is -0.000000176. The first kappa shape index (κ1) is 49.9. The number of hydrogen-bond acceptors (Lipinski definition) is 6. The molecule has 3 unspecified atom stereocenters. The van der Waals surface area contributed by atoms with Crippen molar-refractivity contribution in [3.05, 3.63) is 61.6 Å². The molecule has 0 aromatic heterocycles. The number of ether oxygens (including phenoxy) is 4. The molecule has 0 amide bonds. The summed E-state index contributed by atoms with van der Waals surface area (Å²) in [5.74, 6) is 1.58. The molecule has 10 heteroatoms. The summed E-state index contributed by atoms with van der Waals surface area (Å²) in [5.41, 5.74) is 0.816. The molecule has 0 radical (unpaired) electrons. The van der Waals surface area contributed by atoms with Crippen LogP contribution in [0.2, 0.25) is 0 Å². The molecule has 40 heavy (non-hydrogen) atoms. The largest absolute Gasteiger partial charge is 2.00 e. The van der Waals surface area contributed by atoms with Gasteiger partial charge < -0.3 is 48.0 Å². The normalized spacial score (nSPS) is 12.3. The topological polar surface area (TPSA) is 74.2 Å². The predicted molar refractivity (Wildman–Crippen MR) is 182 cm³/mol. The van der Waals surface area contributed by atoms with Crippen molar-refractivity contribution in [3.63, 3.8) is 0 Å². The summed E-state index contributed by atoms with van der Waals surface area (Å²) in [6, 6.07) is 11.1. The Morgan fingerprint density at radius 2 is 1.30 bits per heavy atom. The Morgan fingerprint density at radius 1 is 0.900 bits per heavy atom. The first-order valence-electron chi connectivity index (χ1n) is 12.0. The average molecular weight is 864 g/mol. The van der Waals surface area contributed by atoms with E-state index in [0.29, 0.717) is 25.2 Å². The molecule has 0 saturated heterocycles. The first-order valence-corrected chi connectivity index (χ1v) is 14.2. The van der Waals surface area contributed by atoms with Crippen molar-refractivity contribution < 1.29 is 45.8 Å². The smallest absolute Gasteiger partial charge is 1.00 e. The van der Waals surface area contributed by atoms with E-state index in [0.717, 1.165) is 24.2 Å². The summed E-state index contributed by atoms with van der Waals surface area (Å²) in [5, 5.41) is 10.2. The van der Waals surface area contributed by atoms with E-state index in [4.69, 9.17) is 18.9 Å². The van der Waals surface area contributed by atoms with Crippen LogP contribution >= 0.6 is 45.2 Å². The van der Waals surface area contributed by atoms with Gasteiger partial charge in [-0.05, 0) is 129 Å². The van der Waals surface area contributed by atoms with Gasteiger partial charge in [-0.2, -0.15) is 6.92 Å². The third kappa shape index (κ3) is 18.8. The maximum absolute atomic E-state index is 11.2. The zero-order valence-electron chi connectivity index (χ0n) is 23.8. The summed E-state index contributed by atoms with van der Waals surface area (Å²) in [6.45, 7) is 19.2. The van der Waals surface area contributed by atoms with Crippen molar-refractivity contribution in [2.45, 2.75) is 94.8 Å². The Labute approximate surface area is 298 Å². The van der Waals surface area contributed by atoms with Crippen LogP contribution in [0, 0.1) is 14.1 Å². The van der Waals surface area contributed by atoms with E-state index >= 15 is 0 Å². The van der Waals surface area contributed by atoms with E-state index in [1.54, 1.807) is 26.0 Å². The standard InChI is InChI=1S/C14H21IO3.C12H15IO3.C2H5.2CH4.BrH.Mg/c1-5-14(4,16)11-7-8-13(12(15)9-11)18-10(3)17-6-2;1-4-15-9(3)16-12-6-5-10(8(2)14)7-11(12)13;1-2;;;;/h7-10,16H,5-6H2,1-4H3;5-7,9H,4H2,1-3H3;1H2,2H3;2*1H4;1H;/q;;-1;;;;+2/p-1. The van der Waals surface area contributed by atoms with Crippen molar-refractivity contribution in [1.82, 2.24) is 0 Å². The molecule has 0 aliphatic rings. The second kappa shape index (κ2) is 26.9. The van der Waals surface area contributed by atoms with Gasteiger partial charge in [-0.15, -0.1) is 0 Å². The van der Waals surface area contributed by atoms with E-state index in [9.17, 15) is 9.90 Å². The molecule has 2 aromatic carbocycles. The fourth-order valence-corrected chi connectivity index (χ4v) is 4.13. The molecule has 1 N–H and O–H groups in total. The Hall–Kier alpha value is 0.296. The van der Waals surface area contributed by atoms with E-state index in [-0.39, 0.29) is 73.3 Å². The SMILES string of the molecule is C.C.CCOC(C)Oc1ccc(C(C)(O)CC)cc1I.CCOC(C)Oc1ccc(C(C)=O)cc1I.[Br-].[CH2-]C.[Mg+2]. The van der Waals surface area contributed by atoms with Gasteiger partial charge in [-0.3, -0.25) is 4.79 Å². The molecule has 228 valence electrons. The molecule has 2 rings (SSSR count). The van der Waals surface area contributed by atoms with Crippen molar-refractivity contribution in [1.29, 1.82) is 0 Å². The summed E-state index contributed by atoms with van der Waals surface area (Å²) in [6.07, 6.45) is 0.140. The molecule has 3 atom stereocenters. The number of aliphatic hydroxyl groups is 1. The molecular weight excluding hydrogens is 814 g/mol. The minimum Gasteiger partial charge on any atom is -1.00 e. The van der Waals surface area contributed by atoms with Gasteiger partial charge in [0.05, 0.1) is 12.7 Å². The molecule has 2 aromatic rings. The average Bonchev–Trinajstić information content (AvgIpc) is 2.83. The third-order valence-electron chi connectivity index (χ3n) is 4.97. The van der Waals surface area contributed by atoms with E-state index in [1.807, 2.05) is 65.8 Å². The fraction of sp³-hybridized carbons (Fsp3) is 0.533. The third-order valence-corrected chi connectivity index (χ3v) is 6.66. The molecule has 0 aliphatic heterocycles. The number of rotatable bonds is 11. The van der Waals surface area contributed by atoms with Crippen LogP contribution in [-0.4, -0.2) is 59.7 Å². The van der Waals surface area contributed by atoms with Gasteiger partial charge in [-0.25, -0.2) is 0 Å². The molecule has 0 saturated carbocycles. The van der Waals surface area contributed by atoms with Gasteiger partial charge in [0.1, 0.15) is 11.5 Å². The van der Waals surface area contributed by atoms with Gasteiger partial charge in [-0.1, -0.05) is 27.8 Å². The predicted octanol–water partition coefficient (Wildman–Crippen LogP) is 5.66. The van der Waals surface area contributed by atoms with Crippen LogP contribution in [0.5, 0.6) is 11.5 Å². The van der Waals surface area contributed by atoms with Crippen LogP contribution in [0.25, 0.3) is 0 Å². The van der Waals surface area contributed by atoms with Crippen molar-refractivity contribution >= 4 is 74.0 Å². The number of Topliss-reactive ketones (excluding diaryl/α,β-unsaturated/α-hetero) is 1. The van der Waals surface area contributed by atoms with Crippen LogP contribution in [0.1, 0.15) is 92.6 Å². The summed E-state index contributed by atoms with van der Waals surface area (Å²) < 4.78 is 23.8. The number of benzene rings is 2. The van der Waals surface area contributed by atoms with E-state index in [2.05, 4.69) is 52.1 Å². The molecular formula is C30H49BrI2MgO6. The number of halogens is 3. The van der Waals surface area contributed by atoms with Crippen LogP contribution in [-0.2, 0) is 15.1 Å². The van der Waals surface area contributed by atoms with E-state index < -0.39 is 5.60 Å². The van der Waals surface area contributed by atoms with Crippen LogP contribution in [0.4, 0.5) is 0 Å². The Morgan fingerprint density at radius 3 is 1.62 bits per heavy atom. The molecule has 0 spiro atoms. The van der Waals surface area contributed by atoms with Crippen molar-refractivity contribution in [2.75, 3.05) is 13.2 Å². The fourth-order valence-electron chi connectivity index (χ4n) is 2.85. The quantitative estimate of drug-likeness (QED) is 0.104. The molecule has 0 heterocycles. The Bertz CT molecular complexity index is 931. The second-order valence-electron chi connectivity index (χ2n) is 7.76. The zero-order chi connectivity index (χ0) is 27.9. The van der Waals surface area contributed by atoms with Crippen LogP contribution in [0.3, 0.4) is 0 Å². The number of carbonyl (C=O) groups is 1. The van der Waals surface area contributed by atoms with Crippen molar-refractivity contribution in [2.24, 2.45) is 0 Å². The van der Waals surface area contributed by atoms with Gasteiger partial charge in [0.25, 0.3) is 0 Å². The zero-order valence-corrected chi connectivity index (χ0v) is 31.1. The van der Waals surface area contributed by atoms with Gasteiger partial charge >= 0.3 is 23.1 Å². The minimum atomic E-state index is -0.788. The summed E-state index contributed by atoms with van der Waals surface area (Å²) in [4.78, 5) is 11.2. The molecule has 0 bridgehead atoms. The molecule has 6 nitrogen and oxygen atoms in total. The Kier molecular flexibility index (Phi) is 33.6. The maximum atomic E-state index is 11.2.